The maximum atomic E-state index is 12.9. The number of piperidine rings is 6. The molecule has 6 atom stereocenters. The molecule has 0 radical (unpaired) electrons. The van der Waals surface area contributed by atoms with E-state index >= 15 is 0 Å². The van der Waals surface area contributed by atoms with Crippen LogP contribution in [0.1, 0.15) is 308 Å². The number of nitrogens with zero attached hydrogens (tertiary/aromatic N) is 6. The van der Waals surface area contributed by atoms with E-state index in [1.165, 1.54) is 9.80 Å². The minimum atomic E-state index is -0.602. The van der Waals surface area contributed by atoms with Crippen molar-refractivity contribution in [2.75, 3.05) is 10.6 Å². The van der Waals surface area contributed by atoms with Crippen LogP contribution in [0.2, 0.25) is 0 Å². The van der Waals surface area contributed by atoms with Crippen LogP contribution < -0.4 is 52.0 Å². The fraction of sp³-hybridized carbons (Fsp3) is 0.481. The Hall–Kier alpha value is -13.8. The molecule has 732 valence electrons. The maximum Gasteiger partial charge on any atom is 0.258 e. The Morgan fingerprint density at radius 1 is 0.297 bits per heavy atom. The molecule has 6 aromatic carbocycles. The number of imide groups is 6. The molecule has 6 unspecified atom stereocenters. The van der Waals surface area contributed by atoms with E-state index in [1.54, 1.807) is 31.7 Å². The molecule has 18 amide bonds. The minimum Gasteiger partial charge on any atom is -0.488 e. The summed E-state index contributed by atoms with van der Waals surface area (Å²) in [7, 11) is 0. The number of carbonyl (C=O) groups excluding carboxylic acids is 18. The molecule has 0 aromatic heterocycles. The van der Waals surface area contributed by atoms with Gasteiger partial charge in [-0.3, -0.25) is 118 Å². The normalized spacial score (nSPS) is 21.3. The third kappa shape index (κ3) is 24.4. The number of anilines is 2. The van der Waals surface area contributed by atoms with Crippen molar-refractivity contribution in [3.8, 4) is 11.5 Å². The van der Waals surface area contributed by atoms with Gasteiger partial charge in [-0.15, -0.1) is 0 Å². The van der Waals surface area contributed by atoms with Crippen LogP contribution in [0.5, 0.6) is 11.5 Å². The quantitative estimate of drug-likeness (QED) is 0.0528. The molecular weight excluding hydrogens is 1770 g/mol. The first-order valence-corrected chi connectivity index (χ1v) is 47.1. The molecule has 6 saturated heterocycles. The summed E-state index contributed by atoms with van der Waals surface area (Å²) in [4.78, 5) is 226. The average Bonchev–Trinajstić information content (AvgIpc) is 1.60. The summed E-state index contributed by atoms with van der Waals surface area (Å²) < 4.78 is 11.7. The van der Waals surface area contributed by atoms with Crippen molar-refractivity contribution in [3.63, 3.8) is 0 Å². The number of carbonyl (C=O) groups is 18. The van der Waals surface area contributed by atoms with Gasteiger partial charge in [0.15, 0.2) is 0 Å². The number of ether oxygens (including phenoxy) is 2. The minimum absolute atomic E-state index is 0.0808. The topological polar surface area (TPSA) is 441 Å². The predicted molar refractivity (Wildman–Crippen MR) is 509 cm³/mol. The smallest absolute Gasteiger partial charge is 0.258 e. The summed E-state index contributed by atoms with van der Waals surface area (Å²) in [6.07, 6.45) is 5.62. The van der Waals surface area contributed by atoms with E-state index in [1.807, 2.05) is 153 Å². The van der Waals surface area contributed by atoms with E-state index in [2.05, 4.69) is 111 Å². The number of rotatable bonds is 12. The van der Waals surface area contributed by atoms with Gasteiger partial charge in [-0.05, 0) is 232 Å². The maximum absolute atomic E-state index is 12.9. The standard InChI is InChI=1S/2C18H22N2O3.2C17H21N3O3.2C17H20N2O4/c1-18(2,3)9-11-4-5-12-10-20(17(23)13(12)8-11)14-6-7-15(21)19-16(14)22;1-18(2,3)9-11-5-4-6-12-10-20(17(23)15(11)12)13-7-8-14(21)19-16(13)22;1-17(2,3)19-11-5-4-10-9-20(16(23)12(10)8-11)13-6-7-14(21)18-15(13)22;1-17(2,3)19-11-6-4-5-10-9-20(16(23)14(10)11)12-7-8-13(21)18-15(12)22;1-17(2,3)23-11-5-4-10-9-19(16(22)12(10)8-11)13-6-7-14(20)18-15(13)21;1-17(2,3)23-12-6-4-5-10-9-19(16(22)14(10)12)11-7-8-13(20)18-15(11)21/h4-5,8,14H,6-7,9-10H2,1-3H3,(H,19,21,22);4-6,13H,7-10H2,1-3H3,(H,19,21,22);4-5,8,13,19H,6-7,9H2,1-3H3,(H,18,21,22);4-6,12,19H,7-9H2,1-3H3,(H,18,21,22);4-5,8,13H,6-7,9H2,1-3H3,(H,18,20,21);4-6,11H,7-9H2,1-3H3,(H,18,20,21). The molecule has 138 heavy (non-hydrogen) atoms. The first-order valence-electron chi connectivity index (χ1n) is 47.1. The molecule has 18 rings (SSSR count). The molecule has 12 aliphatic rings. The zero-order valence-electron chi connectivity index (χ0n) is 81.8. The lowest BCUT2D eigenvalue weighted by Crippen LogP contribution is -2.52. The van der Waals surface area contributed by atoms with Gasteiger partial charge in [-0.2, -0.15) is 0 Å². The second-order valence-corrected chi connectivity index (χ2v) is 43.3. The van der Waals surface area contributed by atoms with E-state index < -0.39 is 53.7 Å². The highest BCUT2D eigenvalue weighted by atomic mass is 16.5. The average molecular weight is 1890 g/mol. The molecule has 0 saturated carbocycles. The second-order valence-electron chi connectivity index (χ2n) is 43.3. The largest absolute Gasteiger partial charge is 0.488 e. The van der Waals surface area contributed by atoms with Gasteiger partial charge in [0.1, 0.15) is 59.0 Å². The van der Waals surface area contributed by atoms with Gasteiger partial charge in [0, 0.05) is 122 Å². The zero-order chi connectivity index (χ0) is 101. The van der Waals surface area contributed by atoms with Crippen LogP contribution in [0, 0.1) is 10.8 Å². The first-order chi connectivity index (χ1) is 64.5. The summed E-state index contributed by atoms with van der Waals surface area (Å²) in [5, 5.41) is 20.6. The van der Waals surface area contributed by atoms with Crippen LogP contribution in [0.3, 0.4) is 0 Å². The molecule has 34 heteroatoms. The van der Waals surface area contributed by atoms with E-state index in [0.29, 0.717) is 117 Å². The van der Waals surface area contributed by atoms with E-state index in [9.17, 15) is 86.3 Å². The molecule has 0 spiro atoms. The second kappa shape index (κ2) is 40.1. The summed E-state index contributed by atoms with van der Waals surface area (Å²) in [5.74, 6) is -3.64. The van der Waals surface area contributed by atoms with Crippen LogP contribution >= 0.6 is 0 Å². The van der Waals surface area contributed by atoms with Crippen LogP contribution in [0.25, 0.3) is 0 Å². The van der Waals surface area contributed by atoms with Crippen molar-refractivity contribution in [2.45, 2.75) is 312 Å². The lowest BCUT2D eigenvalue weighted by atomic mass is 9.85. The summed E-state index contributed by atoms with van der Waals surface area (Å²) in [6.45, 7) is 39.2. The molecule has 12 heterocycles. The lowest BCUT2D eigenvalue weighted by Gasteiger charge is -2.29. The van der Waals surface area contributed by atoms with Crippen molar-refractivity contribution in [2.24, 2.45) is 10.8 Å². The van der Waals surface area contributed by atoms with Crippen molar-refractivity contribution < 1.29 is 95.8 Å². The highest BCUT2D eigenvalue weighted by Gasteiger charge is 2.48. The summed E-state index contributed by atoms with van der Waals surface area (Å²) >= 11 is 0. The van der Waals surface area contributed by atoms with Crippen LogP contribution in [-0.2, 0) is 110 Å². The Bertz CT molecular complexity index is 5420. The molecule has 0 aliphatic carbocycles. The van der Waals surface area contributed by atoms with Gasteiger partial charge >= 0.3 is 0 Å². The van der Waals surface area contributed by atoms with Crippen molar-refractivity contribution in [1.29, 1.82) is 0 Å². The molecule has 8 N–H and O–H groups in total. The number of fused-ring (bicyclic) bond motifs is 6. The van der Waals surface area contributed by atoms with Gasteiger partial charge < -0.3 is 49.5 Å². The van der Waals surface area contributed by atoms with Crippen LogP contribution in [0.4, 0.5) is 11.4 Å². The zero-order valence-corrected chi connectivity index (χ0v) is 81.8. The number of hydrogen-bond donors (Lipinski definition) is 8. The fourth-order valence-corrected chi connectivity index (χ4v) is 18.9. The molecule has 6 fully saturated rings. The van der Waals surface area contributed by atoms with E-state index in [4.69, 9.17) is 9.47 Å². The molecule has 12 aliphatic heterocycles. The van der Waals surface area contributed by atoms with Crippen molar-refractivity contribution in [1.82, 2.24) is 61.3 Å². The number of hydrogen-bond acceptors (Lipinski definition) is 22. The van der Waals surface area contributed by atoms with Gasteiger partial charge in [-0.25, -0.2) is 0 Å². The Morgan fingerprint density at radius 2 is 0.609 bits per heavy atom. The van der Waals surface area contributed by atoms with Gasteiger partial charge in [0.2, 0.25) is 70.9 Å². The molecule has 6 aromatic rings. The number of benzene rings is 6. The number of nitrogens with one attached hydrogen (secondary N) is 8. The monoisotopic (exact) mass is 1890 g/mol. The van der Waals surface area contributed by atoms with Gasteiger partial charge in [0.05, 0.1) is 11.1 Å². The Morgan fingerprint density at radius 3 is 0.978 bits per heavy atom. The third-order valence-corrected chi connectivity index (χ3v) is 24.7. The van der Waals surface area contributed by atoms with E-state index in [0.717, 1.165) is 74.3 Å². The Kier molecular flexibility index (Phi) is 29.5. The predicted octanol–water partition coefficient (Wildman–Crippen LogP) is 10.6. The van der Waals surface area contributed by atoms with Gasteiger partial charge in [-0.1, -0.05) is 108 Å². The molecular formula is C104H126N14O20. The lowest BCUT2D eigenvalue weighted by molar-refractivity contribution is -0.138. The molecule has 0 bridgehead atoms. The van der Waals surface area contributed by atoms with Crippen LogP contribution in [-0.4, -0.2) is 194 Å². The SMILES string of the molecule is CC(C)(C)Cc1ccc2c(c1)C(=O)N(C1CCC(=O)NC1=O)C2.CC(C)(C)Cc1cccc2c1C(=O)N(C1CCC(=O)NC1=O)C2.CC(C)(C)Nc1ccc2c(c1)C(=O)N(C1CCC(=O)NC1=O)C2.CC(C)(C)Nc1cccc2c1C(=O)N(C1CCC(=O)NC1=O)C2.CC(C)(C)Oc1ccc2c(c1)C(=O)N(C1CCC(=O)NC1=O)C2.CC(C)(C)Oc1cccc2c1C(=O)N(C1CCC(=O)NC1=O)C2. The van der Waals surface area contributed by atoms with Gasteiger partial charge in [0.25, 0.3) is 35.4 Å². The summed E-state index contributed by atoms with van der Waals surface area (Å²) in [6, 6.07) is 30.9. The molecule has 34 nitrogen and oxygen atoms in total. The third-order valence-electron chi connectivity index (χ3n) is 24.7. The summed E-state index contributed by atoms with van der Waals surface area (Å²) in [5.41, 5.74) is 12.3. The van der Waals surface area contributed by atoms with Crippen LogP contribution in [0.15, 0.2) is 109 Å². The first kappa shape index (κ1) is 102. The van der Waals surface area contributed by atoms with Crippen molar-refractivity contribution in [3.05, 3.63) is 187 Å². The highest BCUT2D eigenvalue weighted by molar-refractivity contribution is 6.12. The Labute approximate surface area is 803 Å². The number of amides is 18. The van der Waals surface area contributed by atoms with Crippen molar-refractivity contribution >= 4 is 118 Å². The Balaban J connectivity index is 0.000000140. The van der Waals surface area contributed by atoms with E-state index in [-0.39, 0.29) is 161 Å². The highest BCUT2D eigenvalue weighted by Crippen LogP contribution is 2.41. The fourth-order valence-electron chi connectivity index (χ4n) is 18.9.